The molecule has 2 heterocycles. The second-order valence-electron chi connectivity index (χ2n) is 8.19. The van der Waals surface area contributed by atoms with Crippen LogP contribution in [-0.2, 0) is 4.74 Å². The molecule has 0 aromatic heterocycles. The van der Waals surface area contributed by atoms with Crippen molar-refractivity contribution in [2.24, 2.45) is 0 Å². The van der Waals surface area contributed by atoms with Crippen molar-refractivity contribution in [1.82, 2.24) is 10.2 Å². The first-order valence-corrected chi connectivity index (χ1v) is 10.7. The molecule has 3 aliphatic rings. The number of carbonyl (C=O) groups is 1. The maximum atomic E-state index is 12.5. The number of hydrogen-bond donors (Lipinski definition) is 1. The van der Waals surface area contributed by atoms with Crippen LogP contribution in [0.4, 0.5) is 0 Å². The monoisotopic (exact) mass is 388 g/mol. The SMILES string of the molecule is COc1cc(C(=O)NC2CCOC2)ccc1OC1CCN(C2CCCC2)CC1. The van der Waals surface area contributed by atoms with Gasteiger partial charge in [-0.2, -0.15) is 0 Å². The van der Waals surface area contributed by atoms with E-state index in [-0.39, 0.29) is 18.1 Å². The van der Waals surface area contributed by atoms with E-state index in [1.807, 2.05) is 12.1 Å². The lowest BCUT2D eigenvalue weighted by molar-refractivity contribution is 0.0750. The molecule has 0 radical (unpaired) electrons. The van der Waals surface area contributed by atoms with Crippen LogP contribution in [0.15, 0.2) is 18.2 Å². The quantitative estimate of drug-likeness (QED) is 0.812. The van der Waals surface area contributed by atoms with Crippen LogP contribution in [0.25, 0.3) is 0 Å². The number of hydrogen-bond acceptors (Lipinski definition) is 5. The molecule has 2 aliphatic heterocycles. The van der Waals surface area contributed by atoms with Gasteiger partial charge < -0.3 is 24.4 Å². The fourth-order valence-corrected chi connectivity index (χ4v) is 4.63. The molecule has 6 heteroatoms. The summed E-state index contributed by atoms with van der Waals surface area (Å²) in [5.41, 5.74) is 0.590. The number of amides is 1. The fraction of sp³-hybridized carbons (Fsp3) is 0.682. The summed E-state index contributed by atoms with van der Waals surface area (Å²) in [6, 6.07) is 6.34. The summed E-state index contributed by atoms with van der Waals surface area (Å²) in [6.07, 6.45) is 8.64. The van der Waals surface area contributed by atoms with Gasteiger partial charge in [0.15, 0.2) is 11.5 Å². The van der Waals surface area contributed by atoms with Gasteiger partial charge in [-0.3, -0.25) is 4.79 Å². The summed E-state index contributed by atoms with van der Waals surface area (Å²) < 4.78 is 17.1. The highest BCUT2D eigenvalue weighted by atomic mass is 16.5. The molecule has 4 rings (SSSR count). The molecule has 1 amide bonds. The summed E-state index contributed by atoms with van der Waals surface area (Å²) in [5, 5.41) is 3.01. The van der Waals surface area contributed by atoms with Crippen molar-refractivity contribution in [1.29, 1.82) is 0 Å². The van der Waals surface area contributed by atoms with Crippen LogP contribution in [0.1, 0.15) is 55.3 Å². The third-order valence-corrected chi connectivity index (χ3v) is 6.30. The summed E-state index contributed by atoms with van der Waals surface area (Å²) in [5.74, 6) is 1.25. The van der Waals surface area contributed by atoms with Crippen LogP contribution < -0.4 is 14.8 Å². The highest BCUT2D eigenvalue weighted by Gasteiger charge is 2.28. The van der Waals surface area contributed by atoms with E-state index in [1.54, 1.807) is 13.2 Å². The Hall–Kier alpha value is -1.79. The molecule has 1 aliphatic carbocycles. The lowest BCUT2D eigenvalue weighted by Crippen LogP contribution is -2.43. The van der Waals surface area contributed by atoms with E-state index >= 15 is 0 Å². The molecule has 28 heavy (non-hydrogen) atoms. The first-order valence-electron chi connectivity index (χ1n) is 10.7. The molecule has 1 N–H and O–H groups in total. The lowest BCUT2D eigenvalue weighted by atomic mass is 10.0. The standard InChI is InChI=1S/C22H32N2O4/c1-26-21-14-16(22(25)23-17-10-13-27-15-17)6-7-20(21)28-19-8-11-24(12-9-19)18-4-2-3-5-18/h6-7,14,17-19H,2-5,8-13,15H2,1H3,(H,23,25). The minimum atomic E-state index is -0.0924. The maximum absolute atomic E-state index is 12.5. The Kier molecular flexibility index (Phi) is 6.37. The molecule has 1 aromatic carbocycles. The number of carbonyl (C=O) groups excluding carboxylic acids is 1. The number of nitrogens with one attached hydrogen (secondary N) is 1. The molecule has 0 spiro atoms. The molecule has 6 nitrogen and oxygen atoms in total. The molecule has 2 saturated heterocycles. The van der Waals surface area contributed by atoms with Crippen molar-refractivity contribution >= 4 is 5.91 Å². The van der Waals surface area contributed by atoms with Crippen molar-refractivity contribution in [3.63, 3.8) is 0 Å². The highest BCUT2D eigenvalue weighted by Crippen LogP contribution is 2.32. The van der Waals surface area contributed by atoms with E-state index in [2.05, 4.69) is 10.2 Å². The first-order chi connectivity index (χ1) is 13.7. The predicted molar refractivity (Wildman–Crippen MR) is 107 cm³/mol. The smallest absolute Gasteiger partial charge is 0.251 e. The first kappa shape index (κ1) is 19.5. The van der Waals surface area contributed by atoms with Gasteiger partial charge in [0.2, 0.25) is 0 Å². The predicted octanol–water partition coefficient (Wildman–Crippen LogP) is 3.00. The number of piperidine rings is 1. The second kappa shape index (κ2) is 9.14. The van der Waals surface area contributed by atoms with Gasteiger partial charge in [0, 0.05) is 31.3 Å². The zero-order chi connectivity index (χ0) is 19.3. The van der Waals surface area contributed by atoms with Crippen molar-refractivity contribution in [2.75, 3.05) is 33.4 Å². The van der Waals surface area contributed by atoms with Gasteiger partial charge in [-0.25, -0.2) is 0 Å². The van der Waals surface area contributed by atoms with Crippen LogP contribution >= 0.6 is 0 Å². The maximum Gasteiger partial charge on any atom is 0.251 e. The van der Waals surface area contributed by atoms with E-state index < -0.39 is 0 Å². The molecular formula is C22H32N2O4. The van der Waals surface area contributed by atoms with Gasteiger partial charge in [-0.05, 0) is 50.3 Å². The zero-order valence-electron chi connectivity index (χ0n) is 16.8. The van der Waals surface area contributed by atoms with Gasteiger partial charge in [0.25, 0.3) is 5.91 Å². The molecular weight excluding hydrogens is 356 g/mol. The fourth-order valence-electron chi connectivity index (χ4n) is 4.63. The number of methoxy groups -OCH3 is 1. The van der Waals surface area contributed by atoms with Crippen molar-refractivity contribution < 1.29 is 19.0 Å². The van der Waals surface area contributed by atoms with Crippen LogP contribution in [-0.4, -0.2) is 62.4 Å². The number of likely N-dealkylation sites (tertiary alicyclic amines) is 1. The van der Waals surface area contributed by atoms with Gasteiger partial charge in [-0.1, -0.05) is 12.8 Å². The molecule has 3 fully saturated rings. The summed E-state index contributed by atoms with van der Waals surface area (Å²) >= 11 is 0. The summed E-state index contributed by atoms with van der Waals surface area (Å²) in [7, 11) is 1.62. The van der Waals surface area contributed by atoms with E-state index in [1.165, 1.54) is 25.7 Å². The van der Waals surface area contributed by atoms with Crippen LogP contribution in [0.5, 0.6) is 11.5 Å². The minimum Gasteiger partial charge on any atom is -0.493 e. The molecule has 1 unspecified atom stereocenters. The Labute approximate surface area is 167 Å². The Bertz CT molecular complexity index is 661. The van der Waals surface area contributed by atoms with Gasteiger partial charge in [-0.15, -0.1) is 0 Å². The lowest BCUT2D eigenvalue weighted by Gasteiger charge is -2.36. The minimum absolute atomic E-state index is 0.0924. The molecule has 0 bridgehead atoms. The number of nitrogens with zero attached hydrogens (tertiary/aromatic N) is 1. The Balaban J connectivity index is 1.33. The van der Waals surface area contributed by atoms with Gasteiger partial charge in [0.1, 0.15) is 6.10 Å². The average molecular weight is 389 g/mol. The Morgan fingerprint density at radius 3 is 2.57 bits per heavy atom. The zero-order valence-corrected chi connectivity index (χ0v) is 16.8. The number of ether oxygens (including phenoxy) is 3. The topological polar surface area (TPSA) is 60.0 Å². The van der Waals surface area contributed by atoms with Gasteiger partial charge in [0.05, 0.1) is 19.8 Å². The number of benzene rings is 1. The highest BCUT2D eigenvalue weighted by molar-refractivity contribution is 5.95. The summed E-state index contributed by atoms with van der Waals surface area (Å²) in [4.78, 5) is 15.1. The van der Waals surface area contributed by atoms with Crippen molar-refractivity contribution in [3.8, 4) is 11.5 Å². The molecule has 154 valence electrons. The summed E-state index contributed by atoms with van der Waals surface area (Å²) in [6.45, 7) is 3.52. The largest absolute Gasteiger partial charge is 0.493 e. The Morgan fingerprint density at radius 1 is 1.11 bits per heavy atom. The molecule has 1 saturated carbocycles. The van der Waals surface area contributed by atoms with Crippen LogP contribution in [0, 0.1) is 0 Å². The molecule has 1 atom stereocenters. The van der Waals surface area contributed by atoms with E-state index in [0.29, 0.717) is 24.5 Å². The van der Waals surface area contributed by atoms with Crippen LogP contribution in [0.2, 0.25) is 0 Å². The second-order valence-corrected chi connectivity index (χ2v) is 8.19. The average Bonchev–Trinajstić information content (AvgIpc) is 3.43. The van der Waals surface area contributed by atoms with Crippen LogP contribution in [0.3, 0.4) is 0 Å². The van der Waals surface area contributed by atoms with Crippen molar-refractivity contribution in [2.45, 2.75) is 63.1 Å². The van der Waals surface area contributed by atoms with E-state index in [0.717, 1.165) is 44.1 Å². The van der Waals surface area contributed by atoms with Crippen molar-refractivity contribution in [3.05, 3.63) is 23.8 Å². The van der Waals surface area contributed by atoms with Gasteiger partial charge >= 0.3 is 0 Å². The van der Waals surface area contributed by atoms with E-state index in [4.69, 9.17) is 14.2 Å². The molecule has 1 aromatic rings. The third-order valence-electron chi connectivity index (χ3n) is 6.30. The number of rotatable bonds is 6. The Morgan fingerprint density at radius 2 is 1.89 bits per heavy atom. The normalized spacial score (nSPS) is 24.4. The van der Waals surface area contributed by atoms with E-state index in [9.17, 15) is 4.79 Å². The third kappa shape index (κ3) is 4.61.